The lowest BCUT2D eigenvalue weighted by Gasteiger charge is -2.38. The van der Waals surface area contributed by atoms with E-state index in [2.05, 4.69) is 4.98 Å². The molecule has 0 saturated heterocycles. The molecule has 0 N–H and O–H groups in total. The van der Waals surface area contributed by atoms with Gasteiger partial charge in [0.15, 0.2) is 0 Å². The zero-order valence-corrected chi connectivity index (χ0v) is 18.4. The van der Waals surface area contributed by atoms with Gasteiger partial charge in [-0.05, 0) is 51.3 Å². The molecule has 2 heterocycles. The number of amides is 1. The number of fused-ring (bicyclic) bond motifs is 1. The van der Waals surface area contributed by atoms with Crippen LogP contribution in [-0.4, -0.2) is 32.7 Å². The number of aryl methyl sites for hydroxylation is 2. The Bertz CT molecular complexity index is 995. The third-order valence-corrected chi connectivity index (χ3v) is 5.32. The molecule has 0 radical (unpaired) electrons. The number of carbonyl (C=O) groups is 1. The molecule has 1 aliphatic heterocycles. The number of nitrogens with zero attached hydrogens (tertiary/aromatic N) is 3. The van der Waals surface area contributed by atoms with E-state index in [0.717, 1.165) is 11.5 Å². The minimum atomic E-state index is -4.98. The standard InChI is InChI=1S/C22H26F5N3O2/c1-5-19-28-12-18-17(30(9-8-29(18)19)20(31)32-21(2,3)4)7-6-13-10-16(24)14(11-15(13)23)22(25,26)27/h10-12,17H,5-9H2,1-4H3. The zero-order chi connectivity index (χ0) is 23.8. The van der Waals surface area contributed by atoms with Crippen LogP contribution in [0, 0.1) is 11.6 Å². The molecule has 1 atom stereocenters. The fraction of sp³-hybridized carbons (Fsp3) is 0.545. The van der Waals surface area contributed by atoms with E-state index in [4.69, 9.17) is 4.74 Å². The van der Waals surface area contributed by atoms with Gasteiger partial charge in [-0.15, -0.1) is 0 Å². The number of ether oxygens (including phenoxy) is 1. The summed E-state index contributed by atoms with van der Waals surface area (Å²) >= 11 is 0. The number of imidazole rings is 1. The summed E-state index contributed by atoms with van der Waals surface area (Å²) < 4.78 is 74.3. The summed E-state index contributed by atoms with van der Waals surface area (Å²) in [6.45, 7) is 8.01. The van der Waals surface area contributed by atoms with Crippen molar-refractivity contribution in [1.29, 1.82) is 0 Å². The van der Waals surface area contributed by atoms with Crippen LogP contribution in [0.15, 0.2) is 18.3 Å². The molecule has 1 aromatic carbocycles. The Hall–Kier alpha value is -2.65. The first-order chi connectivity index (χ1) is 14.8. The molecule has 10 heteroatoms. The average molecular weight is 459 g/mol. The molecule has 1 aromatic heterocycles. The predicted octanol–water partition coefficient (Wildman–Crippen LogP) is 5.67. The Kier molecular flexibility index (Phi) is 6.53. The first-order valence-electron chi connectivity index (χ1n) is 10.4. The highest BCUT2D eigenvalue weighted by Crippen LogP contribution is 2.35. The minimum Gasteiger partial charge on any atom is -0.444 e. The quantitative estimate of drug-likeness (QED) is 0.554. The van der Waals surface area contributed by atoms with Crippen LogP contribution < -0.4 is 0 Å². The van der Waals surface area contributed by atoms with Crippen LogP contribution in [0.5, 0.6) is 0 Å². The first-order valence-corrected chi connectivity index (χ1v) is 10.4. The Balaban J connectivity index is 1.89. The normalized spacial score (nSPS) is 16.8. The van der Waals surface area contributed by atoms with Crippen molar-refractivity contribution in [3.63, 3.8) is 0 Å². The van der Waals surface area contributed by atoms with Gasteiger partial charge in [0, 0.05) is 19.5 Å². The molecule has 2 aromatic rings. The topological polar surface area (TPSA) is 47.4 Å². The molecule has 3 rings (SSSR count). The fourth-order valence-electron chi connectivity index (χ4n) is 3.89. The van der Waals surface area contributed by atoms with Crippen molar-refractivity contribution in [2.24, 2.45) is 0 Å². The van der Waals surface area contributed by atoms with Gasteiger partial charge in [0.2, 0.25) is 0 Å². The van der Waals surface area contributed by atoms with Crippen molar-refractivity contribution in [3.05, 3.63) is 52.6 Å². The fourth-order valence-corrected chi connectivity index (χ4v) is 3.89. The highest BCUT2D eigenvalue weighted by atomic mass is 19.4. The summed E-state index contributed by atoms with van der Waals surface area (Å²) in [4.78, 5) is 18.7. The summed E-state index contributed by atoms with van der Waals surface area (Å²) in [5, 5.41) is 0. The Morgan fingerprint density at radius 2 is 1.84 bits per heavy atom. The Labute approximate surface area is 183 Å². The molecule has 0 saturated carbocycles. The van der Waals surface area contributed by atoms with E-state index in [1.54, 1.807) is 27.0 Å². The van der Waals surface area contributed by atoms with Crippen LogP contribution in [0.3, 0.4) is 0 Å². The molecule has 0 aliphatic carbocycles. The summed E-state index contributed by atoms with van der Waals surface area (Å²) in [5.41, 5.74) is -1.83. The molecule has 1 unspecified atom stereocenters. The molecule has 1 amide bonds. The van der Waals surface area contributed by atoms with Gasteiger partial charge in [-0.1, -0.05) is 6.92 Å². The summed E-state index contributed by atoms with van der Waals surface area (Å²) in [6, 6.07) is 0.209. The molecule has 0 spiro atoms. The second-order valence-electron chi connectivity index (χ2n) is 8.75. The van der Waals surface area contributed by atoms with E-state index in [1.807, 2.05) is 11.5 Å². The van der Waals surface area contributed by atoms with Crippen LogP contribution in [-0.2, 0) is 30.3 Å². The highest BCUT2D eigenvalue weighted by Gasteiger charge is 2.37. The molecule has 32 heavy (non-hydrogen) atoms. The van der Waals surface area contributed by atoms with Gasteiger partial charge < -0.3 is 9.30 Å². The number of halogens is 5. The number of benzene rings is 1. The largest absolute Gasteiger partial charge is 0.444 e. The lowest BCUT2D eigenvalue weighted by atomic mass is 9.99. The van der Waals surface area contributed by atoms with Crippen molar-refractivity contribution in [2.75, 3.05) is 6.54 Å². The van der Waals surface area contributed by atoms with Crippen LogP contribution >= 0.6 is 0 Å². The third kappa shape index (κ3) is 5.05. The maximum atomic E-state index is 14.4. The molecule has 0 fully saturated rings. The van der Waals surface area contributed by atoms with Crippen molar-refractivity contribution < 1.29 is 31.5 Å². The van der Waals surface area contributed by atoms with Gasteiger partial charge in [-0.3, -0.25) is 4.90 Å². The summed E-state index contributed by atoms with van der Waals surface area (Å²) in [7, 11) is 0. The number of alkyl halides is 3. The van der Waals surface area contributed by atoms with Gasteiger partial charge in [0.05, 0.1) is 23.5 Å². The Morgan fingerprint density at radius 1 is 1.16 bits per heavy atom. The van der Waals surface area contributed by atoms with Gasteiger partial charge in [0.1, 0.15) is 23.1 Å². The molecule has 1 aliphatic rings. The monoisotopic (exact) mass is 459 g/mol. The predicted molar refractivity (Wildman–Crippen MR) is 107 cm³/mol. The second kappa shape index (κ2) is 8.71. The Morgan fingerprint density at radius 3 is 2.44 bits per heavy atom. The van der Waals surface area contributed by atoms with Crippen LogP contribution in [0.4, 0.5) is 26.7 Å². The maximum absolute atomic E-state index is 14.4. The lowest BCUT2D eigenvalue weighted by Crippen LogP contribution is -2.45. The summed E-state index contributed by atoms with van der Waals surface area (Å²) in [5.74, 6) is -1.83. The van der Waals surface area contributed by atoms with E-state index >= 15 is 0 Å². The number of rotatable bonds is 4. The van der Waals surface area contributed by atoms with Gasteiger partial charge in [0.25, 0.3) is 0 Å². The molecular weight excluding hydrogens is 433 g/mol. The van der Waals surface area contributed by atoms with Gasteiger partial charge in [-0.2, -0.15) is 13.2 Å². The average Bonchev–Trinajstić information content (AvgIpc) is 3.09. The minimum absolute atomic E-state index is 0.0719. The molecule has 0 bridgehead atoms. The van der Waals surface area contributed by atoms with Crippen LogP contribution in [0.1, 0.15) is 62.8 Å². The van der Waals surface area contributed by atoms with Crippen molar-refractivity contribution >= 4 is 6.09 Å². The van der Waals surface area contributed by atoms with E-state index in [-0.39, 0.29) is 24.5 Å². The van der Waals surface area contributed by atoms with Crippen LogP contribution in [0.2, 0.25) is 0 Å². The molecule has 5 nitrogen and oxygen atoms in total. The smallest absolute Gasteiger partial charge is 0.419 e. The van der Waals surface area contributed by atoms with E-state index in [1.165, 1.54) is 4.90 Å². The highest BCUT2D eigenvalue weighted by molar-refractivity contribution is 5.69. The number of carbonyl (C=O) groups excluding carboxylic acids is 1. The second-order valence-corrected chi connectivity index (χ2v) is 8.75. The van der Waals surface area contributed by atoms with E-state index in [0.29, 0.717) is 25.6 Å². The van der Waals surface area contributed by atoms with E-state index < -0.39 is 41.1 Å². The maximum Gasteiger partial charge on any atom is 0.419 e. The summed E-state index contributed by atoms with van der Waals surface area (Å²) in [6.07, 6.45) is -3.12. The third-order valence-electron chi connectivity index (χ3n) is 5.32. The SMILES string of the molecule is CCc1ncc2n1CCN(C(=O)OC(C)(C)C)C2CCc1cc(F)c(C(F)(F)F)cc1F. The number of hydrogen-bond donors (Lipinski definition) is 0. The van der Waals surface area contributed by atoms with E-state index in [9.17, 15) is 26.7 Å². The lowest BCUT2D eigenvalue weighted by molar-refractivity contribution is -0.140. The number of hydrogen-bond acceptors (Lipinski definition) is 3. The molecule has 176 valence electrons. The van der Waals surface area contributed by atoms with Crippen molar-refractivity contribution in [1.82, 2.24) is 14.5 Å². The first kappa shape index (κ1) is 24.0. The van der Waals surface area contributed by atoms with Crippen molar-refractivity contribution in [3.8, 4) is 0 Å². The molecular formula is C22H26F5N3O2. The zero-order valence-electron chi connectivity index (χ0n) is 18.4. The van der Waals surface area contributed by atoms with Gasteiger partial charge in [-0.25, -0.2) is 18.6 Å². The van der Waals surface area contributed by atoms with Gasteiger partial charge >= 0.3 is 12.3 Å². The van der Waals surface area contributed by atoms with Crippen molar-refractivity contribution in [2.45, 2.75) is 71.3 Å². The van der Waals surface area contributed by atoms with Crippen LogP contribution in [0.25, 0.3) is 0 Å². The number of aromatic nitrogens is 2.